The van der Waals surface area contributed by atoms with Crippen molar-refractivity contribution >= 4 is 35.3 Å². The number of nitrogens with one attached hydrogen (secondary N) is 3. The summed E-state index contributed by atoms with van der Waals surface area (Å²) in [6.45, 7) is 7.83. The molecule has 1 aromatic heterocycles. The van der Waals surface area contributed by atoms with Gasteiger partial charge in [-0.05, 0) is 55.7 Å². The Morgan fingerprint density at radius 3 is 2.57 bits per heavy atom. The highest BCUT2D eigenvalue weighted by Crippen LogP contribution is 2.20. The van der Waals surface area contributed by atoms with Crippen molar-refractivity contribution in [3.05, 3.63) is 53.9 Å². The summed E-state index contributed by atoms with van der Waals surface area (Å²) in [7, 11) is 0. The van der Waals surface area contributed by atoms with Crippen molar-refractivity contribution < 1.29 is 23.9 Å². The van der Waals surface area contributed by atoms with Crippen LogP contribution in [0.1, 0.15) is 58.2 Å². The van der Waals surface area contributed by atoms with Crippen molar-refractivity contribution in [1.29, 1.82) is 0 Å². The van der Waals surface area contributed by atoms with Crippen LogP contribution in [0.2, 0.25) is 0 Å². The summed E-state index contributed by atoms with van der Waals surface area (Å²) >= 11 is 5.58. The van der Waals surface area contributed by atoms with E-state index in [1.54, 1.807) is 6.92 Å². The zero-order valence-corrected chi connectivity index (χ0v) is 25.6. The molecule has 1 saturated heterocycles. The number of alkyl halides is 1. The zero-order valence-electron chi connectivity index (χ0n) is 24.8. The summed E-state index contributed by atoms with van der Waals surface area (Å²) in [4.78, 5) is 55.6. The Balaban J connectivity index is 1.50. The second-order valence-corrected chi connectivity index (χ2v) is 11.2. The number of rotatable bonds is 13. The number of hydrogen-bond acceptors (Lipinski definition) is 7. The lowest BCUT2D eigenvalue weighted by atomic mass is 10.0. The summed E-state index contributed by atoms with van der Waals surface area (Å²) in [5, 5.41) is 6.86. The van der Waals surface area contributed by atoms with Crippen LogP contribution in [-0.4, -0.2) is 70.8 Å². The SMILES string of the molecule is CCc1cccc(-c2ccc(CCC(=O)NC(C(=O)NC(C)C(=O)N3CCCC(C(=O)OCCCl)N3)C(C)C)nc2)c1. The van der Waals surface area contributed by atoms with Gasteiger partial charge in [-0.15, -0.1) is 11.6 Å². The van der Waals surface area contributed by atoms with Crippen molar-refractivity contribution in [3.63, 3.8) is 0 Å². The number of hydrazine groups is 1. The predicted octanol–water partition coefficient (Wildman–Crippen LogP) is 3.17. The minimum absolute atomic E-state index is 0.0954. The van der Waals surface area contributed by atoms with Crippen LogP contribution in [0.5, 0.6) is 0 Å². The third-order valence-electron chi connectivity index (χ3n) is 7.15. The average Bonchev–Trinajstić information content (AvgIpc) is 3.01. The van der Waals surface area contributed by atoms with E-state index in [4.69, 9.17) is 16.3 Å². The second-order valence-electron chi connectivity index (χ2n) is 10.8. The summed E-state index contributed by atoms with van der Waals surface area (Å²) in [5.41, 5.74) is 7.04. The minimum atomic E-state index is -0.874. The van der Waals surface area contributed by atoms with Crippen molar-refractivity contribution in [2.24, 2.45) is 5.92 Å². The molecule has 3 rings (SSSR count). The molecule has 0 radical (unpaired) electrons. The fraction of sp³-hybridized carbons (Fsp3) is 0.516. The van der Waals surface area contributed by atoms with Gasteiger partial charge in [-0.3, -0.25) is 29.2 Å². The van der Waals surface area contributed by atoms with Gasteiger partial charge in [0.1, 0.15) is 24.7 Å². The number of aromatic nitrogens is 1. The van der Waals surface area contributed by atoms with Gasteiger partial charge in [0.2, 0.25) is 11.8 Å². The molecule has 3 amide bonds. The quantitative estimate of drug-likeness (QED) is 0.238. The molecule has 1 aromatic carbocycles. The van der Waals surface area contributed by atoms with Crippen LogP contribution >= 0.6 is 11.6 Å². The number of aryl methyl sites for hydroxylation is 2. The predicted molar refractivity (Wildman–Crippen MR) is 161 cm³/mol. The van der Waals surface area contributed by atoms with Crippen LogP contribution in [0.4, 0.5) is 0 Å². The van der Waals surface area contributed by atoms with E-state index in [1.807, 2.05) is 38.2 Å². The molecule has 2 aromatic rings. The minimum Gasteiger partial charge on any atom is -0.463 e. The summed E-state index contributed by atoms with van der Waals surface area (Å²) in [6, 6.07) is 9.90. The maximum absolute atomic E-state index is 13.1. The molecule has 3 atom stereocenters. The third kappa shape index (κ3) is 9.52. The van der Waals surface area contributed by atoms with Crippen molar-refractivity contribution in [3.8, 4) is 11.1 Å². The van der Waals surface area contributed by atoms with Gasteiger partial charge in [-0.2, -0.15) is 0 Å². The molecule has 1 aliphatic rings. The van der Waals surface area contributed by atoms with Gasteiger partial charge in [-0.25, -0.2) is 5.43 Å². The van der Waals surface area contributed by atoms with Crippen LogP contribution in [0.15, 0.2) is 42.6 Å². The van der Waals surface area contributed by atoms with E-state index in [0.717, 1.165) is 23.2 Å². The molecule has 3 N–H and O–H groups in total. The number of carbonyl (C=O) groups excluding carboxylic acids is 4. The van der Waals surface area contributed by atoms with Gasteiger partial charge in [0.15, 0.2) is 0 Å². The first-order valence-corrected chi connectivity index (χ1v) is 15.1. The first-order chi connectivity index (χ1) is 20.1. The monoisotopic (exact) mass is 599 g/mol. The maximum atomic E-state index is 13.1. The van der Waals surface area contributed by atoms with E-state index in [-0.39, 0.29) is 36.6 Å². The first kappa shape index (κ1) is 33.0. The topological polar surface area (TPSA) is 130 Å². The van der Waals surface area contributed by atoms with E-state index in [1.165, 1.54) is 10.6 Å². The molecule has 2 heterocycles. The van der Waals surface area contributed by atoms with Gasteiger partial charge < -0.3 is 15.4 Å². The lowest BCUT2D eigenvalue weighted by Crippen LogP contribution is -2.61. The molecule has 228 valence electrons. The van der Waals surface area contributed by atoms with Crippen molar-refractivity contribution in [2.75, 3.05) is 19.0 Å². The molecule has 1 fully saturated rings. The van der Waals surface area contributed by atoms with Gasteiger partial charge in [0.25, 0.3) is 5.91 Å². The number of amides is 3. The number of esters is 1. The highest BCUT2D eigenvalue weighted by molar-refractivity contribution is 6.18. The molecule has 0 spiro atoms. The Labute approximate surface area is 252 Å². The van der Waals surface area contributed by atoms with E-state index in [0.29, 0.717) is 25.8 Å². The normalized spacial score (nSPS) is 16.4. The fourth-order valence-corrected chi connectivity index (χ4v) is 4.77. The number of pyridine rings is 1. The Bertz CT molecular complexity index is 1220. The number of benzene rings is 1. The molecule has 0 saturated carbocycles. The first-order valence-electron chi connectivity index (χ1n) is 14.6. The Morgan fingerprint density at radius 2 is 1.90 bits per heavy atom. The number of carbonyl (C=O) groups is 4. The van der Waals surface area contributed by atoms with E-state index in [2.05, 4.69) is 46.2 Å². The maximum Gasteiger partial charge on any atom is 0.325 e. The van der Waals surface area contributed by atoms with Crippen LogP contribution in [0, 0.1) is 5.92 Å². The number of hydrogen-bond donors (Lipinski definition) is 3. The van der Waals surface area contributed by atoms with Crippen molar-refractivity contribution in [1.82, 2.24) is 26.1 Å². The van der Waals surface area contributed by atoms with Gasteiger partial charge in [-0.1, -0.05) is 51.1 Å². The Kier molecular flexibility index (Phi) is 12.7. The Hall–Kier alpha value is -3.50. The smallest absolute Gasteiger partial charge is 0.325 e. The molecule has 42 heavy (non-hydrogen) atoms. The van der Waals surface area contributed by atoms with Crippen LogP contribution in [0.25, 0.3) is 11.1 Å². The van der Waals surface area contributed by atoms with Crippen molar-refractivity contribution in [2.45, 2.75) is 77.9 Å². The van der Waals surface area contributed by atoms with Gasteiger partial charge >= 0.3 is 5.97 Å². The van der Waals surface area contributed by atoms with E-state index in [9.17, 15) is 19.2 Å². The number of nitrogens with zero attached hydrogens (tertiary/aromatic N) is 2. The van der Waals surface area contributed by atoms with Crippen LogP contribution in [-0.2, 0) is 36.8 Å². The van der Waals surface area contributed by atoms with E-state index < -0.39 is 30.0 Å². The van der Waals surface area contributed by atoms with Gasteiger partial charge in [0, 0.05) is 30.4 Å². The highest BCUT2D eigenvalue weighted by Gasteiger charge is 2.33. The number of ether oxygens (including phenoxy) is 1. The van der Waals surface area contributed by atoms with Crippen LogP contribution in [0.3, 0.4) is 0 Å². The van der Waals surface area contributed by atoms with Crippen LogP contribution < -0.4 is 16.1 Å². The molecule has 10 nitrogen and oxygen atoms in total. The molecule has 0 bridgehead atoms. The summed E-state index contributed by atoms with van der Waals surface area (Å²) in [6.07, 6.45) is 4.50. The third-order valence-corrected chi connectivity index (χ3v) is 7.31. The summed E-state index contributed by atoms with van der Waals surface area (Å²) < 4.78 is 5.07. The summed E-state index contributed by atoms with van der Waals surface area (Å²) in [5.74, 6) is -1.60. The van der Waals surface area contributed by atoms with Gasteiger partial charge in [0.05, 0.1) is 5.88 Å². The zero-order chi connectivity index (χ0) is 30.6. The lowest BCUT2D eigenvalue weighted by molar-refractivity contribution is -0.152. The molecular formula is C31H42ClN5O5. The average molecular weight is 600 g/mol. The molecular weight excluding hydrogens is 558 g/mol. The fourth-order valence-electron chi connectivity index (χ4n) is 4.69. The molecule has 3 unspecified atom stereocenters. The highest BCUT2D eigenvalue weighted by atomic mass is 35.5. The standard InChI is InChI=1S/C31H42ClN5O5/c1-5-22-8-6-9-23(18-22)24-11-12-25(33-19-24)13-14-27(38)35-28(20(2)3)29(39)34-21(4)30(40)37-16-7-10-26(36-37)31(41)42-17-15-32/h6,8-9,11-12,18-21,26,28,36H,5,7,10,13-17H2,1-4H3,(H,34,39)(H,35,38). The number of halogens is 1. The Morgan fingerprint density at radius 1 is 1.12 bits per heavy atom. The molecule has 0 aliphatic carbocycles. The largest absolute Gasteiger partial charge is 0.463 e. The molecule has 11 heteroatoms. The second kappa shape index (κ2) is 16.2. The molecule has 1 aliphatic heterocycles. The van der Waals surface area contributed by atoms with E-state index >= 15 is 0 Å². The lowest BCUT2D eigenvalue weighted by Gasteiger charge is -2.34.